The maximum Gasteiger partial charge on any atom is 0.304 e. The highest BCUT2D eigenvalue weighted by Crippen LogP contribution is 2.21. The molecule has 0 aliphatic heterocycles. The van der Waals surface area contributed by atoms with Gasteiger partial charge in [-0.05, 0) is 18.1 Å². The van der Waals surface area contributed by atoms with Gasteiger partial charge in [0, 0.05) is 30.2 Å². The van der Waals surface area contributed by atoms with Crippen molar-refractivity contribution in [2.24, 2.45) is 12.8 Å². The standard InChI is InChI=1S/C13H16N2O2.ClH/c1-15-8-9(6-10(14)7-13(16)17)11-4-2-3-5-12(11)15;/h2-5,8,10H,6-7,14H2,1H3,(H,16,17);1H. The third-order valence-electron chi connectivity index (χ3n) is 2.90. The number of carboxylic acids is 1. The number of aliphatic carboxylic acids is 1. The molecule has 1 atom stereocenters. The van der Waals surface area contributed by atoms with E-state index in [9.17, 15) is 4.79 Å². The van der Waals surface area contributed by atoms with E-state index < -0.39 is 5.97 Å². The van der Waals surface area contributed by atoms with E-state index in [-0.39, 0.29) is 24.9 Å². The molecule has 0 spiro atoms. The number of carbonyl (C=O) groups is 1. The van der Waals surface area contributed by atoms with Crippen molar-refractivity contribution in [2.45, 2.75) is 18.9 Å². The quantitative estimate of drug-likeness (QED) is 0.890. The first-order valence-corrected chi connectivity index (χ1v) is 5.58. The minimum absolute atomic E-state index is 0. The summed E-state index contributed by atoms with van der Waals surface area (Å²) in [4.78, 5) is 10.6. The molecule has 1 aromatic heterocycles. The highest BCUT2D eigenvalue weighted by molar-refractivity contribution is 5.85. The Hall–Kier alpha value is -1.52. The molecule has 5 heteroatoms. The summed E-state index contributed by atoms with van der Waals surface area (Å²) >= 11 is 0. The summed E-state index contributed by atoms with van der Waals surface area (Å²) in [5.74, 6) is -0.849. The molecule has 18 heavy (non-hydrogen) atoms. The fourth-order valence-corrected chi connectivity index (χ4v) is 2.17. The Morgan fingerprint density at radius 3 is 2.78 bits per heavy atom. The maximum atomic E-state index is 10.6. The minimum Gasteiger partial charge on any atom is -0.481 e. The summed E-state index contributed by atoms with van der Waals surface area (Å²) in [6.45, 7) is 0. The average molecular weight is 269 g/mol. The van der Waals surface area contributed by atoms with Crippen molar-refractivity contribution in [1.29, 1.82) is 0 Å². The molecule has 2 aromatic rings. The molecule has 1 unspecified atom stereocenters. The van der Waals surface area contributed by atoms with Crippen molar-refractivity contribution in [3.63, 3.8) is 0 Å². The minimum atomic E-state index is -0.849. The van der Waals surface area contributed by atoms with Crippen molar-refractivity contribution in [3.05, 3.63) is 36.0 Å². The number of halogens is 1. The number of nitrogens with two attached hydrogens (primary N) is 1. The molecule has 0 aliphatic rings. The van der Waals surface area contributed by atoms with Crippen LogP contribution in [-0.2, 0) is 18.3 Å². The summed E-state index contributed by atoms with van der Waals surface area (Å²) in [6.07, 6.45) is 2.61. The van der Waals surface area contributed by atoms with E-state index in [2.05, 4.69) is 0 Å². The number of aromatic nitrogens is 1. The lowest BCUT2D eigenvalue weighted by molar-refractivity contribution is -0.137. The summed E-state index contributed by atoms with van der Waals surface area (Å²) in [6, 6.07) is 7.72. The molecule has 2 rings (SSSR count). The number of fused-ring (bicyclic) bond motifs is 1. The maximum absolute atomic E-state index is 10.6. The van der Waals surface area contributed by atoms with Crippen LogP contribution in [0.5, 0.6) is 0 Å². The van der Waals surface area contributed by atoms with E-state index in [1.807, 2.05) is 42.1 Å². The zero-order valence-electron chi connectivity index (χ0n) is 10.2. The number of para-hydroxylation sites is 1. The Labute approximate surface area is 112 Å². The third kappa shape index (κ3) is 3.03. The topological polar surface area (TPSA) is 68.2 Å². The lowest BCUT2D eigenvalue weighted by Crippen LogP contribution is -2.25. The van der Waals surface area contributed by atoms with Crippen LogP contribution in [0.25, 0.3) is 10.9 Å². The lowest BCUT2D eigenvalue weighted by atomic mass is 10.0. The van der Waals surface area contributed by atoms with Gasteiger partial charge in [0.1, 0.15) is 0 Å². The van der Waals surface area contributed by atoms with Crippen LogP contribution in [0.4, 0.5) is 0 Å². The second-order valence-electron chi connectivity index (χ2n) is 4.34. The van der Waals surface area contributed by atoms with Crippen LogP contribution in [0.2, 0.25) is 0 Å². The van der Waals surface area contributed by atoms with Crippen molar-refractivity contribution in [2.75, 3.05) is 0 Å². The number of rotatable bonds is 4. The number of carboxylic acid groups (broad SMARTS) is 1. The summed E-state index contributed by atoms with van der Waals surface area (Å²) in [5.41, 5.74) is 8.07. The number of benzene rings is 1. The molecule has 0 saturated carbocycles. The Morgan fingerprint density at radius 2 is 2.11 bits per heavy atom. The predicted octanol–water partition coefficient (Wildman–Crippen LogP) is 1.94. The smallest absolute Gasteiger partial charge is 0.304 e. The van der Waals surface area contributed by atoms with Gasteiger partial charge in [0.2, 0.25) is 0 Å². The predicted molar refractivity (Wildman–Crippen MR) is 74.1 cm³/mol. The van der Waals surface area contributed by atoms with Gasteiger partial charge in [-0.15, -0.1) is 12.4 Å². The number of nitrogens with zero attached hydrogens (tertiary/aromatic N) is 1. The molecule has 1 aromatic carbocycles. The first-order chi connectivity index (χ1) is 8.08. The van der Waals surface area contributed by atoms with E-state index in [1.54, 1.807) is 0 Å². The molecule has 3 N–H and O–H groups in total. The van der Waals surface area contributed by atoms with E-state index in [1.165, 1.54) is 0 Å². The SMILES string of the molecule is Cl.Cn1cc(CC(N)CC(=O)O)c2ccccc21. The van der Waals surface area contributed by atoms with E-state index >= 15 is 0 Å². The molecule has 0 saturated heterocycles. The Balaban J connectivity index is 0.00000162. The normalized spacial score (nSPS) is 12.1. The number of hydrogen-bond acceptors (Lipinski definition) is 2. The van der Waals surface area contributed by atoms with Crippen LogP contribution < -0.4 is 5.73 Å². The highest BCUT2D eigenvalue weighted by Gasteiger charge is 2.12. The molecule has 0 amide bonds. The molecule has 0 fully saturated rings. The van der Waals surface area contributed by atoms with Gasteiger partial charge >= 0.3 is 5.97 Å². The molecule has 0 aliphatic carbocycles. The van der Waals surface area contributed by atoms with Crippen LogP contribution in [0.1, 0.15) is 12.0 Å². The Morgan fingerprint density at radius 1 is 1.44 bits per heavy atom. The van der Waals surface area contributed by atoms with E-state index in [4.69, 9.17) is 10.8 Å². The van der Waals surface area contributed by atoms with Gasteiger partial charge < -0.3 is 15.4 Å². The molecule has 1 heterocycles. The van der Waals surface area contributed by atoms with Crippen LogP contribution in [0.15, 0.2) is 30.5 Å². The largest absolute Gasteiger partial charge is 0.481 e. The average Bonchev–Trinajstić information content (AvgIpc) is 2.55. The van der Waals surface area contributed by atoms with Gasteiger partial charge in [0.15, 0.2) is 0 Å². The van der Waals surface area contributed by atoms with Crippen LogP contribution in [-0.4, -0.2) is 21.7 Å². The first kappa shape index (κ1) is 14.5. The van der Waals surface area contributed by atoms with E-state index in [0.29, 0.717) is 6.42 Å². The highest BCUT2D eigenvalue weighted by atomic mass is 35.5. The Kier molecular flexibility index (Phi) is 4.76. The van der Waals surface area contributed by atoms with Crippen LogP contribution in [0, 0.1) is 0 Å². The monoisotopic (exact) mass is 268 g/mol. The number of aryl methyl sites for hydroxylation is 1. The van der Waals surface area contributed by atoms with E-state index in [0.717, 1.165) is 16.5 Å². The Bertz CT molecular complexity index is 551. The van der Waals surface area contributed by atoms with Gasteiger partial charge in [0.05, 0.1) is 6.42 Å². The van der Waals surface area contributed by atoms with Crippen molar-refractivity contribution in [3.8, 4) is 0 Å². The fraction of sp³-hybridized carbons (Fsp3) is 0.308. The van der Waals surface area contributed by atoms with Gasteiger partial charge in [-0.2, -0.15) is 0 Å². The summed E-state index contributed by atoms with van der Waals surface area (Å²) in [7, 11) is 1.98. The van der Waals surface area contributed by atoms with Gasteiger partial charge in [-0.25, -0.2) is 0 Å². The van der Waals surface area contributed by atoms with Gasteiger partial charge in [-0.3, -0.25) is 4.79 Å². The molecule has 4 nitrogen and oxygen atoms in total. The second-order valence-corrected chi connectivity index (χ2v) is 4.34. The molecule has 0 bridgehead atoms. The molecular weight excluding hydrogens is 252 g/mol. The molecular formula is C13H17ClN2O2. The third-order valence-corrected chi connectivity index (χ3v) is 2.90. The lowest BCUT2D eigenvalue weighted by Gasteiger charge is -2.07. The zero-order chi connectivity index (χ0) is 12.4. The fourth-order valence-electron chi connectivity index (χ4n) is 2.17. The summed E-state index contributed by atoms with van der Waals surface area (Å²) in [5, 5.41) is 9.84. The van der Waals surface area contributed by atoms with Crippen LogP contribution in [0.3, 0.4) is 0 Å². The molecule has 98 valence electrons. The number of hydrogen-bond donors (Lipinski definition) is 2. The molecule has 0 radical (unpaired) electrons. The van der Waals surface area contributed by atoms with Gasteiger partial charge in [0.25, 0.3) is 0 Å². The summed E-state index contributed by atoms with van der Waals surface area (Å²) < 4.78 is 2.04. The van der Waals surface area contributed by atoms with Gasteiger partial charge in [-0.1, -0.05) is 18.2 Å². The van der Waals surface area contributed by atoms with Crippen molar-refractivity contribution < 1.29 is 9.90 Å². The first-order valence-electron chi connectivity index (χ1n) is 5.58. The zero-order valence-corrected chi connectivity index (χ0v) is 11.0. The van der Waals surface area contributed by atoms with Crippen molar-refractivity contribution >= 4 is 29.3 Å². The van der Waals surface area contributed by atoms with Crippen LogP contribution >= 0.6 is 12.4 Å². The van der Waals surface area contributed by atoms with Crippen molar-refractivity contribution in [1.82, 2.24) is 4.57 Å². The second kappa shape index (κ2) is 5.89.